The number of rotatable bonds is 6. The Labute approximate surface area is 213 Å². The van der Waals surface area contributed by atoms with E-state index in [2.05, 4.69) is 41.5 Å². The van der Waals surface area contributed by atoms with E-state index < -0.39 is 17.6 Å². The molecule has 2 rings (SSSR count). The third-order valence-corrected chi connectivity index (χ3v) is 8.09. The molecule has 0 saturated carbocycles. The van der Waals surface area contributed by atoms with Crippen LogP contribution < -0.4 is 0 Å². The van der Waals surface area contributed by atoms with Gasteiger partial charge < -0.3 is 20.4 Å². The zero-order valence-corrected chi connectivity index (χ0v) is 24.0. The molecule has 35 heavy (non-hydrogen) atoms. The zero-order chi connectivity index (χ0) is 27.3. The molecule has 0 fully saturated rings. The second-order valence-electron chi connectivity index (χ2n) is 12.8. The van der Waals surface area contributed by atoms with E-state index in [1.165, 1.54) is 0 Å². The van der Waals surface area contributed by atoms with Crippen LogP contribution in [0.4, 0.5) is 0 Å². The fraction of sp³-hybridized carbons (Fsp3) is 0.613. The van der Waals surface area contributed by atoms with Crippen LogP contribution >= 0.6 is 0 Å². The van der Waals surface area contributed by atoms with Gasteiger partial charge in [0, 0.05) is 5.41 Å². The first kappa shape index (κ1) is 29.2. The van der Waals surface area contributed by atoms with Gasteiger partial charge in [0.05, 0.1) is 12.2 Å². The number of aliphatic hydroxyl groups excluding tert-OH is 2. The van der Waals surface area contributed by atoms with Crippen LogP contribution in [0.5, 0.6) is 11.5 Å². The smallest absolute Gasteiger partial charge is 0.122 e. The fourth-order valence-corrected chi connectivity index (χ4v) is 5.37. The van der Waals surface area contributed by atoms with E-state index in [9.17, 15) is 20.4 Å². The maximum Gasteiger partial charge on any atom is 0.122 e. The number of aryl methyl sites for hydroxylation is 2. The largest absolute Gasteiger partial charge is 0.507 e. The lowest BCUT2D eigenvalue weighted by molar-refractivity contribution is -0.0544. The van der Waals surface area contributed by atoms with Crippen LogP contribution in [-0.2, 0) is 23.7 Å². The molecule has 0 heterocycles. The van der Waals surface area contributed by atoms with Crippen molar-refractivity contribution in [2.24, 2.45) is 5.41 Å². The maximum atomic E-state index is 11.1. The second kappa shape index (κ2) is 9.78. The Morgan fingerprint density at radius 3 is 1.14 bits per heavy atom. The van der Waals surface area contributed by atoms with Crippen molar-refractivity contribution >= 4 is 0 Å². The van der Waals surface area contributed by atoms with Gasteiger partial charge in [-0.2, -0.15) is 0 Å². The molecule has 0 saturated heterocycles. The molecule has 0 aliphatic rings. The maximum absolute atomic E-state index is 11.1. The minimum absolute atomic E-state index is 0.204. The summed E-state index contributed by atoms with van der Waals surface area (Å²) in [5.74, 6) is 0.561. The Morgan fingerprint density at radius 1 is 0.629 bits per heavy atom. The number of hydrogen-bond donors (Lipinski definition) is 4. The molecule has 4 heteroatoms. The lowest BCUT2D eigenvalue weighted by Gasteiger charge is -2.41. The molecule has 0 aliphatic carbocycles. The van der Waals surface area contributed by atoms with Crippen molar-refractivity contribution in [2.45, 2.75) is 119 Å². The van der Waals surface area contributed by atoms with Gasteiger partial charge in [-0.15, -0.1) is 0 Å². The third kappa shape index (κ3) is 5.54. The van der Waals surface area contributed by atoms with Crippen molar-refractivity contribution in [2.75, 3.05) is 0 Å². The standard InChI is InChI=1S/C31H48O4/c1-17-13-25(29(7,8)9)27(34)19(3)23(17)15-31(21(5)32,22(6)33)16-24-18(2)14-26(30(10,11)12)28(35)20(24)4/h13-14,21-22,32-35H,15-16H2,1-12H3. The number of phenolic OH excluding ortho intramolecular Hbond substituents is 2. The molecule has 196 valence electrons. The molecule has 0 aliphatic heterocycles. The predicted molar refractivity (Wildman–Crippen MR) is 146 cm³/mol. The summed E-state index contributed by atoms with van der Waals surface area (Å²) in [6, 6.07) is 4.07. The molecular formula is C31H48O4. The number of hydrogen-bond acceptors (Lipinski definition) is 4. The molecule has 4 nitrogen and oxygen atoms in total. The number of aliphatic hydroxyl groups is 2. The van der Waals surface area contributed by atoms with E-state index in [0.29, 0.717) is 12.8 Å². The number of benzene rings is 2. The van der Waals surface area contributed by atoms with Crippen LogP contribution in [0.3, 0.4) is 0 Å². The van der Waals surface area contributed by atoms with Crippen LogP contribution in [0.2, 0.25) is 0 Å². The summed E-state index contributed by atoms with van der Waals surface area (Å²) in [7, 11) is 0. The third-order valence-electron chi connectivity index (χ3n) is 8.09. The highest BCUT2D eigenvalue weighted by molar-refractivity contribution is 5.54. The Hall–Kier alpha value is -2.04. The Kier molecular flexibility index (Phi) is 8.16. The van der Waals surface area contributed by atoms with Crippen LogP contribution in [0.15, 0.2) is 12.1 Å². The Balaban J connectivity index is 2.73. The van der Waals surface area contributed by atoms with Gasteiger partial charge in [0.25, 0.3) is 0 Å². The summed E-state index contributed by atoms with van der Waals surface area (Å²) in [5, 5.41) is 44.4. The molecule has 2 aromatic rings. The van der Waals surface area contributed by atoms with Gasteiger partial charge >= 0.3 is 0 Å². The van der Waals surface area contributed by atoms with E-state index in [0.717, 1.165) is 44.5 Å². The van der Waals surface area contributed by atoms with Crippen LogP contribution in [-0.4, -0.2) is 32.6 Å². The molecule has 0 amide bonds. The highest BCUT2D eigenvalue weighted by atomic mass is 16.3. The fourth-order valence-electron chi connectivity index (χ4n) is 5.37. The van der Waals surface area contributed by atoms with Crippen molar-refractivity contribution in [3.63, 3.8) is 0 Å². The highest BCUT2D eigenvalue weighted by Gasteiger charge is 2.42. The van der Waals surface area contributed by atoms with Gasteiger partial charge in [0.2, 0.25) is 0 Å². The summed E-state index contributed by atoms with van der Waals surface area (Å²) in [4.78, 5) is 0. The average molecular weight is 485 g/mol. The molecular weight excluding hydrogens is 436 g/mol. The molecule has 2 aromatic carbocycles. The summed E-state index contributed by atoms with van der Waals surface area (Å²) < 4.78 is 0. The van der Waals surface area contributed by atoms with Crippen molar-refractivity contribution < 1.29 is 20.4 Å². The Morgan fingerprint density at radius 2 is 0.914 bits per heavy atom. The van der Waals surface area contributed by atoms with Gasteiger partial charge in [0.15, 0.2) is 0 Å². The summed E-state index contributed by atoms with van der Waals surface area (Å²) in [6.07, 6.45) is -0.847. The van der Waals surface area contributed by atoms with Gasteiger partial charge in [-0.3, -0.25) is 0 Å². The molecule has 0 radical (unpaired) electrons. The van der Waals surface area contributed by atoms with Crippen LogP contribution in [0.1, 0.15) is 99.9 Å². The lowest BCUT2D eigenvalue weighted by Crippen LogP contribution is -2.47. The first-order chi connectivity index (χ1) is 15.8. The first-order valence-corrected chi connectivity index (χ1v) is 12.8. The first-order valence-electron chi connectivity index (χ1n) is 12.8. The van der Waals surface area contributed by atoms with Gasteiger partial charge in [-0.25, -0.2) is 0 Å². The molecule has 0 bridgehead atoms. The average Bonchev–Trinajstić information content (AvgIpc) is 2.70. The topological polar surface area (TPSA) is 80.9 Å². The normalized spacial score (nSPS) is 14.8. The molecule has 2 atom stereocenters. The summed E-state index contributed by atoms with van der Waals surface area (Å²) >= 11 is 0. The second-order valence-corrected chi connectivity index (χ2v) is 12.8. The highest BCUT2D eigenvalue weighted by Crippen LogP contribution is 2.44. The Bertz CT molecular complexity index is 992. The number of phenols is 2. The lowest BCUT2D eigenvalue weighted by atomic mass is 9.66. The van der Waals surface area contributed by atoms with Crippen molar-refractivity contribution in [3.8, 4) is 11.5 Å². The SMILES string of the molecule is Cc1cc(C(C)(C)C)c(O)c(C)c1CC(Cc1c(C)cc(C(C)(C)C)c(O)c1C)(C(C)O)C(C)O. The predicted octanol–water partition coefficient (Wildman–Crippen LogP) is 6.46. The van der Waals surface area contributed by atoms with Crippen molar-refractivity contribution in [3.05, 3.63) is 56.6 Å². The van der Waals surface area contributed by atoms with E-state index in [4.69, 9.17) is 0 Å². The minimum atomic E-state index is -0.906. The zero-order valence-electron chi connectivity index (χ0n) is 24.0. The summed E-state index contributed by atoms with van der Waals surface area (Å²) in [5.41, 5.74) is 6.03. The molecule has 0 aromatic heterocycles. The van der Waals surface area contributed by atoms with Crippen LogP contribution in [0, 0.1) is 33.1 Å². The minimum Gasteiger partial charge on any atom is -0.507 e. The van der Waals surface area contributed by atoms with Crippen LogP contribution in [0.25, 0.3) is 0 Å². The van der Waals surface area contributed by atoms with Gasteiger partial charge in [0.1, 0.15) is 11.5 Å². The van der Waals surface area contributed by atoms with Crippen molar-refractivity contribution in [1.82, 2.24) is 0 Å². The van der Waals surface area contributed by atoms with E-state index >= 15 is 0 Å². The quantitative estimate of drug-likeness (QED) is 0.379. The van der Waals surface area contributed by atoms with E-state index in [-0.39, 0.29) is 22.3 Å². The molecule has 0 spiro atoms. The van der Waals surface area contributed by atoms with Crippen molar-refractivity contribution in [1.29, 1.82) is 0 Å². The van der Waals surface area contributed by atoms with E-state index in [1.54, 1.807) is 13.8 Å². The summed E-state index contributed by atoms with van der Waals surface area (Å²) in [6.45, 7) is 23.8. The van der Waals surface area contributed by atoms with Gasteiger partial charge in [-0.1, -0.05) is 53.7 Å². The van der Waals surface area contributed by atoms with Gasteiger partial charge in [-0.05, 0) is 110 Å². The monoisotopic (exact) mass is 484 g/mol. The van der Waals surface area contributed by atoms with E-state index in [1.807, 2.05) is 39.8 Å². The number of aromatic hydroxyl groups is 2. The molecule has 2 unspecified atom stereocenters. The molecule has 4 N–H and O–H groups in total.